The molecule has 104 valence electrons. The molecule has 2 N–H and O–H groups in total. The molecule has 0 amide bonds. The Morgan fingerprint density at radius 2 is 2.10 bits per heavy atom. The van der Waals surface area contributed by atoms with E-state index in [1.54, 1.807) is 0 Å². The summed E-state index contributed by atoms with van der Waals surface area (Å²) < 4.78 is 1.48. The van der Waals surface area contributed by atoms with E-state index in [4.69, 9.17) is 28.9 Å². The number of fused-ring (bicyclic) bond motifs is 1. The Morgan fingerprint density at radius 1 is 1.35 bits per heavy atom. The van der Waals surface area contributed by atoms with Crippen molar-refractivity contribution in [2.75, 3.05) is 5.73 Å². The predicted molar refractivity (Wildman–Crippen MR) is 76.7 cm³/mol. The highest BCUT2D eigenvalue weighted by Gasteiger charge is 2.28. The lowest BCUT2D eigenvalue weighted by Crippen LogP contribution is -2.06. The minimum atomic E-state index is -0.522. The molecular formula is C12H10Cl2N4O2. The van der Waals surface area contributed by atoms with E-state index in [2.05, 4.69) is 5.10 Å². The summed E-state index contributed by atoms with van der Waals surface area (Å²) in [5, 5.41) is 15.8. The second-order valence-corrected chi connectivity index (χ2v) is 5.43. The van der Waals surface area contributed by atoms with Crippen molar-refractivity contribution < 1.29 is 4.92 Å². The lowest BCUT2D eigenvalue weighted by molar-refractivity contribution is -0.384. The zero-order valence-electron chi connectivity index (χ0n) is 10.3. The van der Waals surface area contributed by atoms with Crippen molar-refractivity contribution >= 4 is 34.7 Å². The van der Waals surface area contributed by atoms with E-state index in [-0.39, 0.29) is 21.4 Å². The normalized spacial score (nSPS) is 13.5. The molecule has 0 saturated heterocycles. The average Bonchev–Trinajstić information content (AvgIpc) is 2.93. The number of benzene rings is 1. The van der Waals surface area contributed by atoms with E-state index in [9.17, 15) is 10.1 Å². The molecule has 20 heavy (non-hydrogen) atoms. The molecule has 1 aromatic heterocycles. The number of halogens is 2. The first kappa shape index (κ1) is 13.2. The van der Waals surface area contributed by atoms with Gasteiger partial charge in [-0.05, 0) is 25.3 Å². The van der Waals surface area contributed by atoms with Crippen LogP contribution in [0.2, 0.25) is 10.0 Å². The van der Waals surface area contributed by atoms with Crippen LogP contribution < -0.4 is 5.73 Å². The van der Waals surface area contributed by atoms with Crippen LogP contribution in [0.1, 0.15) is 17.7 Å². The smallest absolute Gasteiger partial charge is 0.297 e. The molecular weight excluding hydrogens is 303 g/mol. The van der Waals surface area contributed by atoms with Crippen molar-refractivity contribution in [3.05, 3.63) is 43.5 Å². The fraction of sp³-hybridized carbons (Fsp3) is 0.250. The highest BCUT2D eigenvalue weighted by molar-refractivity contribution is 6.36. The quantitative estimate of drug-likeness (QED) is 0.681. The average molecular weight is 313 g/mol. The summed E-state index contributed by atoms with van der Waals surface area (Å²) in [4.78, 5) is 10.7. The third kappa shape index (κ3) is 1.92. The molecule has 6 nitrogen and oxygen atoms in total. The number of hydrogen-bond donors (Lipinski definition) is 1. The molecule has 0 radical (unpaired) electrons. The zero-order valence-corrected chi connectivity index (χ0v) is 11.8. The van der Waals surface area contributed by atoms with Gasteiger partial charge in [-0.3, -0.25) is 10.1 Å². The Labute approximate surface area is 124 Å². The first-order valence-corrected chi connectivity index (χ1v) is 6.74. The van der Waals surface area contributed by atoms with Crippen molar-refractivity contribution in [3.63, 3.8) is 0 Å². The van der Waals surface area contributed by atoms with Crippen LogP contribution in [0.5, 0.6) is 0 Å². The molecule has 0 bridgehead atoms. The van der Waals surface area contributed by atoms with Gasteiger partial charge >= 0.3 is 0 Å². The predicted octanol–water partition coefficient (Wildman–Crippen LogP) is 3.16. The van der Waals surface area contributed by atoms with Crippen molar-refractivity contribution in [1.29, 1.82) is 0 Å². The number of nitro benzene ring substituents is 1. The minimum Gasteiger partial charge on any atom is -0.382 e. The van der Waals surface area contributed by atoms with Crippen LogP contribution in [0.4, 0.5) is 11.5 Å². The second-order valence-electron chi connectivity index (χ2n) is 4.59. The number of rotatable bonds is 2. The molecule has 0 spiro atoms. The largest absolute Gasteiger partial charge is 0.382 e. The number of nitro groups is 1. The molecule has 3 rings (SSSR count). The Balaban J connectivity index is 2.30. The lowest BCUT2D eigenvalue weighted by atomic mass is 10.2. The first-order chi connectivity index (χ1) is 9.49. The Bertz CT molecular complexity index is 727. The Hall–Kier alpha value is -1.79. The first-order valence-electron chi connectivity index (χ1n) is 5.99. The number of aromatic nitrogens is 2. The van der Waals surface area contributed by atoms with Crippen LogP contribution in [-0.4, -0.2) is 14.7 Å². The van der Waals surface area contributed by atoms with E-state index in [0.29, 0.717) is 5.82 Å². The molecule has 0 saturated carbocycles. The van der Waals surface area contributed by atoms with Crippen LogP contribution >= 0.6 is 23.2 Å². The zero-order chi connectivity index (χ0) is 14.4. The Kier molecular flexibility index (Phi) is 3.07. The molecule has 8 heteroatoms. The third-order valence-electron chi connectivity index (χ3n) is 3.38. The van der Waals surface area contributed by atoms with Gasteiger partial charge in [-0.1, -0.05) is 23.2 Å². The van der Waals surface area contributed by atoms with Crippen molar-refractivity contribution in [2.24, 2.45) is 0 Å². The highest BCUT2D eigenvalue weighted by Crippen LogP contribution is 2.37. The summed E-state index contributed by atoms with van der Waals surface area (Å²) in [7, 11) is 0. The molecule has 2 aromatic rings. The van der Waals surface area contributed by atoms with Gasteiger partial charge in [0.2, 0.25) is 0 Å². The monoisotopic (exact) mass is 312 g/mol. The summed E-state index contributed by atoms with van der Waals surface area (Å²) in [6.45, 7) is 0. The SMILES string of the molecule is Nc1nn(-c2c(Cl)cc(Cl)cc2[N+](=O)[O-])c2c1CCC2. The topological polar surface area (TPSA) is 87.0 Å². The molecule has 1 aromatic carbocycles. The van der Waals surface area contributed by atoms with Gasteiger partial charge < -0.3 is 5.73 Å². The van der Waals surface area contributed by atoms with Gasteiger partial charge in [-0.25, -0.2) is 4.68 Å². The van der Waals surface area contributed by atoms with Gasteiger partial charge in [-0.2, -0.15) is 0 Å². The lowest BCUT2D eigenvalue weighted by Gasteiger charge is -2.09. The van der Waals surface area contributed by atoms with Gasteiger partial charge in [-0.15, -0.1) is 5.10 Å². The number of nitrogens with two attached hydrogens (primary N) is 1. The number of nitrogens with zero attached hydrogens (tertiary/aromatic N) is 3. The van der Waals surface area contributed by atoms with E-state index in [1.807, 2.05) is 0 Å². The van der Waals surface area contributed by atoms with Crippen LogP contribution in [0.25, 0.3) is 5.69 Å². The van der Waals surface area contributed by atoms with Crippen LogP contribution in [0.15, 0.2) is 12.1 Å². The van der Waals surface area contributed by atoms with Crippen molar-refractivity contribution in [2.45, 2.75) is 19.3 Å². The maximum atomic E-state index is 11.2. The van der Waals surface area contributed by atoms with Gasteiger partial charge in [0.05, 0.1) is 15.6 Å². The van der Waals surface area contributed by atoms with Crippen LogP contribution in [0.3, 0.4) is 0 Å². The van der Waals surface area contributed by atoms with E-state index >= 15 is 0 Å². The van der Waals surface area contributed by atoms with Crippen LogP contribution in [-0.2, 0) is 12.8 Å². The van der Waals surface area contributed by atoms with Gasteiger partial charge in [0, 0.05) is 16.7 Å². The highest BCUT2D eigenvalue weighted by atomic mass is 35.5. The van der Waals surface area contributed by atoms with Gasteiger partial charge in [0.25, 0.3) is 5.69 Å². The van der Waals surface area contributed by atoms with E-state index < -0.39 is 4.92 Å². The van der Waals surface area contributed by atoms with E-state index in [1.165, 1.54) is 16.8 Å². The molecule has 0 aliphatic heterocycles. The van der Waals surface area contributed by atoms with E-state index in [0.717, 1.165) is 30.5 Å². The van der Waals surface area contributed by atoms with Crippen molar-refractivity contribution in [1.82, 2.24) is 9.78 Å². The maximum absolute atomic E-state index is 11.2. The molecule has 1 heterocycles. The molecule has 0 fully saturated rings. The fourth-order valence-corrected chi connectivity index (χ4v) is 3.11. The summed E-state index contributed by atoms with van der Waals surface area (Å²) in [5.74, 6) is 0.401. The summed E-state index contributed by atoms with van der Waals surface area (Å²) in [6.07, 6.45) is 2.56. The Morgan fingerprint density at radius 3 is 2.80 bits per heavy atom. The molecule has 0 atom stereocenters. The fourth-order valence-electron chi connectivity index (χ4n) is 2.55. The third-order valence-corrected chi connectivity index (χ3v) is 3.88. The number of hydrogen-bond acceptors (Lipinski definition) is 4. The van der Waals surface area contributed by atoms with Crippen LogP contribution in [0, 0.1) is 10.1 Å². The minimum absolute atomic E-state index is 0.181. The second kappa shape index (κ2) is 4.64. The molecule has 1 aliphatic rings. The standard InChI is InChI=1S/C12H10Cl2N4O2/c13-6-4-8(14)11(10(5-6)18(19)20)17-9-3-1-2-7(9)12(15)16-17/h4-5H,1-3H2,(H2,15,16). The maximum Gasteiger partial charge on any atom is 0.297 e. The van der Waals surface area contributed by atoms with Gasteiger partial charge in [0.15, 0.2) is 5.69 Å². The van der Waals surface area contributed by atoms with Crippen molar-refractivity contribution in [3.8, 4) is 5.69 Å². The molecule has 0 unspecified atom stereocenters. The molecule has 1 aliphatic carbocycles. The number of nitrogen functional groups attached to an aromatic ring is 1. The van der Waals surface area contributed by atoms with Gasteiger partial charge in [0.1, 0.15) is 5.82 Å². The number of anilines is 1. The summed E-state index contributed by atoms with van der Waals surface area (Å²) in [5.41, 5.74) is 7.74. The summed E-state index contributed by atoms with van der Waals surface area (Å²) in [6, 6.07) is 2.73. The summed E-state index contributed by atoms with van der Waals surface area (Å²) >= 11 is 12.0.